The smallest absolute Gasteiger partial charge is 0.137 e. The van der Waals surface area contributed by atoms with Crippen molar-refractivity contribution >= 4 is 65.6 Å². The molecule has 3 heteroatoms. The van der Waals surface area contributed by atoms with Gasteiger partial charge in [-0.05, 0) is 88.4 Å². The van der Waals surface area contributed by atoms with Crippen molar-refractivity contribution in [3.8, 4) is 44.8 Å². The molecule has 0 bridgehead atoms. The van der Waals surface area contributed by atoms with Crippen LogP contribution in [0.25, 0.3) is 110 Å². The highest BCUT2D eigenvalue weighted by molar-refractivity contribution is 6.17. The number of nitrogens with zero attached hydrogens (tertiary/aromatic N) is 2. The van der Waals surface area contributed by atoms with Crippen LogP contribution < -0.4 is 0 Å². The molecule has 12 aromatic rings. The van der Waals surface area contributed by atoms with Gasteiger partial charge in [-0.3, -0.25) is 0 Å². The van der Waals surface area contributed by atoms with E-state index in [1.165, 1.54) is 0 Å². The van der Waals surface area contributed by atoms with Crippen LogP contribution in [-0.2, 0) is 0 Å². The van der Waals surface area contributed by atoms with Crippen molar-refractivity contribution in [3.05, 3.63) is 206 Å². The highest BCUT2D eigenvalue weighted by atomic mass is 16.3. The molecule has 266 valence electrons. The van der Waals surface area contributed by atoms with E-state index in [-0.39, 0.29) is 57.6 Å². The lowest BCUT2D eigenvalue weighted by atomic mass is 9.97. The summed E-state index contributed by atoms with van der Waals surface area (Å²) in [6, 6.07) is 52.3. The summed E-state index contributed by atoms with van der Waals surface area (Å²) in [6.07, 6.45) is 0. The summed E-state index contributed by atoms with van der Waals surface area (Å²) in [5.74, 6) is 0. The quantitative estimate of drug-likeness (QED) is 0.173. The van der Waals surface area contributed by atoms with Crippen LogP contribution in [0.1, 0.15) is 9.60 Å². The van der Waals surface area contributed by atoms with Crippen molar-refractivity contribution in [2.24, 2.45) is 0 Å². The summed E-state index contributed by atoms with van der Waals surface area (Å²) in [5.41, 5.74) is 9.83. The molecule has 0 N–H and O–H groups in total. The third kappa shape index (κ3) is 4.86. The van der Waals surface area contributed by atoms with Gasteiger partial charge in [0, 0.05) is 49.6 Å². The lowest BCUT2D eigenvalue weighted by Gasteiger charge is -2.14. The molecule has 3 heterocycles. The monoisotopic (exact) mass is 733 g/mol. The van der Waals surface area contributed by atoms with Gasteiger partial charge in [0.05, 0.1) is 37.3 Å². The van der Waals surface area contributed by atoms with Gasteiger partial charge in [0.15, 0.2) is 0 Å². The minimum absolute atomic E-state index is 0.101. The highest BCUT2D eigenvalue weighted by Crippen LogP contribution is 2.43. The Labute approximate surface area is 338 Å². The van der Waals surface area contributed by atoms with Gasteiger partial charge in [0.2, 0.25) is 0 Å². The third-order valence-electron chi connectivity index (χ3n) is 11.2. The fourth-order valence-electron chi connectivity index (χ4n) is 8.65. The van der Waals surface area contributed by atoms with Crippen LogP contribution in [0.5, 0.6) is 0 Å². The third-order valence-corrected chi connectivity index (χ3v) is 11.2. The van der Waals surface area contributed by atoms with Crippen LogP contribution in [-0.4, -0.2) is 9.13 Å². The average molecular weight is 734 g/mol. The lowest BCUT2D eigenvalue weighted by molar-refractivity contribution is 0.668. The topological polar surface area (TPSA) is 23.0 Å². The van der Waals surface area contributed by atoms with Crippen molar-refractivity contribution < 1.29 is 14.0 Å². The number of hydrogen-bond acceptors (Lipinski definition) is 1. The molecule has 12 rings (SSSR count). The van der Waals surface area contributed by atoms with Crippen LogP contribution in [0.2, 0.25) is 0 Å². The van der Waals surface area contributed by atoms with Crippen LogP contribution in [0.4, 0.5) is 0 Å². The zero-order valence-electron chi connectivity index (χ0n) is 37.4. The molecule has 0 radical (unpaired) electrons. The van der Waals surface area contributed by atoms with Gasteiger partial charge in [-0.1, -0.05) is 139 Å². The van der Waals surface area contributed by atoms with E-state index < -0.39 is 12.1 Å². The average Bonchev–Trinajstić information content (AvgIpc) is 4.01. The Balaban J connectivity index is 1.17. The maximum atomic E-state index is 9.99. The Morgan fingerprint density at radius 1 is 0.386 bits per heavy atom. The molecule has 0 aliphatic carbocycles. The lowest BCUT2D eigenvalue weighted by Crippen LogP contribution is -1.97. The summed E-state index contributed by atoms with van der Waals surface area (Å²) in [7, 11) is 0. The van der Waals surface area contributed by atoms with Crippen molar-refractivity contribution in [1.82, 2.24) is 9.13 Å². The van der Waals surface area contributed by atoms with Crippen molar-refractivity contribution in [2.45, 2.75) is 0 Å². The Bertz CT molecular complexity index is 3930. The fraction of sp³-hybridized carbons (Fsp3) is 0. The predicted molar refractivity (Wildman–Crippen MR) is 239 cm³/mol. The second kappa shape index (κ2) is 12.5. The van der Waals surface area contributed by atoms with Crippen LogP contribution in [0.15, 0.2) is 211 Å². The minimum Gasteiger partial charge on any atom is -0.456 e. The molecule has 0 amide bonds. The molecule has 0 atom stereocenters. The van der Waals surface area contributed by atoms with Crippen molar-refractivity contribution in [3.63, 3.8) is 0 Å². The van der Waals surface area contributed by atoms with Crippen LogP contribution in [0.3, 0.4) is 0 Å². The molecular formula is C54H34N2O. The minimum atomic E-state index is -0.440. The molecule has 3 nitrogen and oxygen atoms in total. The van der Waals surface area contributed by atoms with E-state index in [1.807, 2.05) is 103 Å². The van der Waals surface area contributed by atoms with E-state index in [0.717, 1.165) is 60.5 Å². The van der Waals surface area contributed by atoms with Gasteiger partial charge in [-0.25, -0.2) is 0 Å². The standard InChI is InChI=1S/C54H34N2O/c1-3-14-35(15-4-1)40-18-7-10-22-47(40)56-50-31-27-38(33-46(50)54-41(21-13-24-51(54)56)36-16-5-2-6-17-36)37-26-30-49-45(32-37)42-19-8-11-23-48(42)55(49)39-28-29-44-43-20-9-12-25-52(43)57-53(44)34-39/h1-34H/i8D,11D,19D,23D,26D,30D,32D. The first-order valence-electron chi connectivity index (χ1n) is 22.4. The molecule has 0 fully saturated rings. The molecular weight excluding hydrogens is 693 g/mol. The van der Waals surface area contributed by atoms with Crippen LogP contribution in [0, 0.1) is 0 Å². The van der Waals surface area contributed by atoms with Gasteiger partial charge in [0.25, 0.3) is 0 Å². The zero-order chi connectivity index (χ0) is 43.5. The molecule has 3 aromatic heterocycles. The van der Waals surface area contributed by atoms with Gasteiger partial charge in [-0.15, -0.1) is 0 Å². The highest BCUT2D eigenvalue weighted by Gasteiger charge is 2.20. The van der Waals surface area contributed by atoms with Gasteiger partial charge < -0.3 is 13.6 Å². The van der Waals surface area contributed by atoms with E-state index in [4.69, 9.17) is 7.16 Å². The number of aromatic nitrogens is 2. The molecule has 9 aromatic carbocycles. The Hall–Kier alpha value is -7.62. The number of para-hydroxylation sites is 3. The van der Waals surface area contributed by atoms with Crippen molar-refractivity contribution in [2.75, 3.05) is 0 Å². The maximum absolute atomic E-state index is 9.99. The van der Waals surface area contributed by atoms with Gasteiger partial charge >= 0.3 is 0 Å². The van der Waals surface area contributed by atoms with E-state index in [1.54, 1.807) is 10.6 Å². The molecule has 0 spiro atoms. The molecule has 0 saturated carbocycles. The summed E-state index contributed by atoms with van der Waals surface area (Å²) in [6.45, 7) is 0. The second-order valence-electron chi connectivity index (χ2n) is 14.3. The summed E-state index contributed by atoms with van der Waals surface area (Å²) in [5, 5.41) is 3.97. The second-order valence-corrected chi connectivity index (χ2v) is 14.3. The maximum Gasteiger partial charge on any atom is 0.137 e. The number of fused-ring (bicyclic) bond motifs is 9. The summed E-state index contributed by atoms with van der Waals surface area (Å²) >= 11 is 0. The molecule has 57 heavy (non-hydrogen) atoms. The number of benzene rings is 9. The first-order chi connectivity index (χ1) is 31.2. The number of furan rings is 1. The van der Waals surface area contributed by atoms with Gasteiger partial charge in [0.1, 0.15) is 11.2 Å². The molecule has 0 saturated heterocycles. The summed E-state index contributed by atoms with van der Waals surface area (Å²) < 4.78 is 75.4. The van der Waals surface area contributed by atoms with E-state index in [9.17, 15) is 6.85 Å². The zero-order valence-corrected chi connectivity index (χ0v) is 30.4. The number of rotatable bonds is 5. The normalized spacial score (nSPS) is 13.6. The Kier molecular flexibility index (Phi) is 5.56. The SMILES string of the molecule is [2H]c1c([2H])c([2H])c2c(c1[2H])c1c([2H])c(-c3ccc4c(c3)c3c(-c5ccccc5)cccc3n4-c3ccccc3-c3ccccc3)c([2H])c([2H])c1n2-c1ccc2c(c1)oc1ccccc12. The van der Waals surface area contributed by atoms with E-state index in [0.29, 0.717) is 22.4 Å². The largest absolute Gasteiger partial charge is 0.456 e. The predicted octanol–water partition coefficient (Wildman–Crippen LogP) is 14.8. The van der Waals surface area contributed by atoms with E-state index >= 15 is 0 Å². The Morgan fingerprint density at radius 3 is 1.98 bits per heavy atom. The van der Waals surface area contributed by atoms with Crippen LogP contribution >= 0.6 is 0 Å². The molecule has 0 aliphatic heterocycles. The number of hydrogen-bond donors (Lipinski definition) is 0. The summed E-state index contributed by atoms with van der Waals surface area (Å²) in [4.78, 5) is 0. The van der Waals surface area contributed by atoms with E-state index in [2.05, 4.69) is 59.2 Å². The van der Waals surface area contributed by atoms with Crippen molar-refractivity contribution in [1.29, 1.82) is 0 Å². The first-order valence-corrected chi connectivity index (χ1v) is 18.9. The Morgan fingerprint density at radius 2 is 1.11 bits per heavy atom. The van der Waals surface area contributed by atoms with Gasteiger partial charge in [-0.2, -0.15) is 0 Å². The molecule has 0 aliphatic rings. The fourth-order valence-corrected chi connectivity index (χ4v) is 8.65. The molecule has 0 unspecified atom stereocenters. The first kappa shape index (κ1) is 25.5.